The fourth-order valence-electron chi connectivity index (χ4n) is 1.86. The second-order valence-electron chi connectivity index (χ2n) is 4.18. The lowest BCUT2D eigenvalue weighted by Crippen LogP contribution is -2.46. The Kier molecular flexibility index (Phi) is 7.20. The highest BCUT2D eigenvalue weighted by molar-refractivity contribution is 7.99. The second-order valence-corrected chi connectivity index (χ2v) is 5.35. The zero-order valence-corrected chi connectivity index (χ0v) is 12.2. The Morgan fingerprint density at radius 2 is 1.89 bits per heavy atom. The van der Waals surface area contributed by atoms with Crippen LogP contribution in [0.3, 0.4) is 0 Å². The fraction of sp³-hybridized carbons (Fsp3) is 0.462. The highest BCUT2D eigenvalue weighted by Gasteiger charge is 2.15. The van der Waals surface area contributed by atoms with Crippen LogP contribution in [0, 0.1) is 5.82 Å². The molecular weight excluding hydrogens is 287 g/mol. The molecule has 1 aromatic carbocycles. The van der Waals surface area contributed by atoms with Crippen molar-refractivity contribution in [1.82, 2.24) is 10.2 Å². The topological polar surface area (TPSA) is 32.3 Å². The standard InChI is InChI=1S/C13H17FN2OS.ClH/c14-11-1-3-12(4-2-11)18-10-5-13(17)16-8-6-15-7-9-16;/h1-4,15H,5-10H2;1H. The van der Waals surface area contributed by atoms with Gasteiger partial charge in [0.1, 0.15) is 5.82 Å². The molecule has 0 aromatic heterocycles. The summed E-state index contributed by atoms with van der Waals surface area (Å²) in [4.78, 5) is 14.8. The quantitative estimate of drug-likeness (QED) is 0.865. The molecule has 0 aliphatic carbocycles. The minimum atomic E-state index is -0.226. The zero-order chi connectivity index (χ0) is 12.8. The van der Waals surface area contributed by atoms with E-state index in [2.05, 4.69) is 5.32 Å². The lowest BCUT2D eigenvalue weighted by Gasteiger charge is -2.27. The van der Waals surface area contributed by atoms with E-state index in [4.69, 9.17) is 0 Å². The third-order valence-electron chi connectivity index (χ3n) is 2.87. The van der Waals surface area contributed by atoms with Crippen LogP contribution in [-0.2, 0) is 4.79 Å². The zero-order valence-electron chi connectivity index (χ0n) is 10.6. The number of piperazine rings is 1. The van der Waals surface area contributed by atoms with Gasteiger partial charge in [0.15, 0.2) is 0 Å². The number of benzene rings is 1. The van der Waals surface area contributed by atoms with Crippen LogP contribution < -0.4 is 5.32 Å². The lowest BCUT2D eigenvalue weighted by molar-refractivity contribution is -0.131. The number of amides is 1. The van der Waals surface area contributed by atoms with Crippen molar-refractivity contribution in [2.45, 2.75) is 11.3 Å². The third-order valence-corrected chi connectivity index (χ3v) is 3.88. The first kappa shape index (κ1) is 16.3. The Morgan fingerprint density at radius 1 is 1.26 bits per heavy atom. The van der Waals surface area contributed by atoms with E-state index in [0.717, 1.165) is 36.8 Å². The molecule has 2 rings (SSSR count). The molecule has 1 fully saturated rings. The maximum absolute atomic E-state index is 12.7. The summed E-state index contributed by atoms with van der Waals surface area (Å²) in [5.74, 6) is 0.733. The van der Waals surface area contributed by atoms with Gasteiger partial charge < -0.3 is 10.2 Å². The molecule has 1 aromatic rings. The largest absolute Gasteiger partial charge is 0.340 e. The SMILES string of the molecule is Cl.O=C(CCSc1ccc(F)cc1)N1CCNCC1. The summed E-state index contributed by atoms with van der Waals surface area (Å²) in [5, 5.41) is 3.22. The highest BCUT2D eigenvalue weighted by atomic mass is 35.5. The number of carbonyl (C=O) groups excluding carboxylic acids is 1. The van der Waals surface area contributed by atoms with Crippen LogP contribution in [0.15, 0.2) is 29.2 Å². The van der Waals surface area contributed by atoms with Crippen molar-refractivity contribution in [1.29, 1.82) is 0 Å². The van der Waals surface area contributed by atoms with Crippen LogP contribution in [0.25, 0.3) is 0 Å². The minimum Gasteiger partial charge on any atom is -0.340 e. The van der Waals surface area contributed by atoms with Gasteiger partial charge in [0.05, 0.1) is 0 Å². The summed E-state index contributed by atoms with van der Waals surface area (Å²) in [6, 6.07) is 6.38. The molecule has 1 heterocycles. The predicted molar refractivity (Wildman–Crippen MR) is 78.4 cm³/mol. The number of nitrogens with zero attached hydrogens (tertiary/aromatic N) is 1. The van der Waals surface area contributed by atoms with Crippen molar-refractivity contribution in [2.24, 2.45) is 0 Å². The molecule has 3 nitrogen and oxygen atoms in total. The maximum Gasteiger partial charge on any atom is 0.223 e. The van der Waals surface area contributed by atoms with E-state index in [-0.39, 0.29) is 24.1 Å². The summed E-state index contributed by atoms with van der Waals surface area (Å²) < 4.78 is 12.7. The molecule has 106 valence electrons. The molecule has 0 spiro atoms. The van der Waals surface area contributed by atoms with Crippen LogP contribution in [0.4, 0.5) is 4.39 Å². The number of hydrogen-bond donors (Lipinski definition) is 1. The normalized spacial score (nSPS) is 14.9. The summed E-state index contributed by atoms with van der Waals surface area (Å²) in [7, 11) is 0. The maximum atomic E-state index is 12.7. The van der Waals surface area contributed by atoms with Crippen LogP contribution in [-0.4, -0.2) is 42.7 Å². The van der Waals surface area contributed by atoms with Gasteiger partial charge in [-0.15, -0.1) is 24.2 Å². The molecule has 1 N–H and O–H groups in total. The van der Waals surface area contributed by atoms with Gasteiger partial charge in [0.2, 0.25) is 5.91 Å². The molecule has 1 amide bonds. The van der Waals surface area contributed by atoms with Gasteiger partial charge in [0, 0.05) is 43.2 Å². The fourth-order valence-corrected chi connectivity index (χ4v) is 2.70. The lowest BCUT2D eigenvalue weighted by atomic mass is 10.3. The summed E-state index contributed by atoms with van der Waals surface area (Å²) in [5.41, 5.74) is 0. The van der Waals surface area contributed by atoms with Gasteiger partial charge in [-0.05, 0) is 24.3 Å². The van der Waals surface area contributed by atoms with Gasteiger partial charge in [0.25, 0.3) is 0 Å². The molecular formula is C13H18ClFN2OS. The molecule has 0 saturated carbocycles. The molecule has 1 aliphatic heterocycles. The minimum absolute atomic E-state index is 0. The Bertz CT molecular complexity index is 396. The molecule has 6 heteroatoms. The molecule has 0 bridgehead atoms. The van der Waals surface area contributed by atoms with Crippen molar-refractivity contribution in [3.8, 4) is 0 Å². The Hall–Kier alpha value is -0.780. The number of thioether (sulfide) groups is 1. The van der Waals surface area contributed by atoms with E-state index in [1.807, 2.05) is 4.90 Å². The van der Waals surface area contributed by atoms with E-state index < -0.39 is 0 Å². The van der Waals surface area contributed by atoms with Gasteiger partial charge in [-0.2, -0.15) is 0 Å². The first-order valence-electron chi connectivity index (χ1n) is 6.12. The number of halogens is 2. The monoisotopic (exact) mass is 304 g/mol. The second kappa shape index (κ2) is 8.40. The molecule has 0 unspecified atom stereocenters. The predicted octanol–water partition coefficient (Wildman–Crippen LogP) is 2.16. The molecule has 19 heavy (non-hydrogen) atoms. The van der Waals surface area contributed by atoms with Gasteiger partial charge in [-0.1, -0.05) is 0 Å². The highest BCUT2D eigenvalue weighted by Crippen LogP contribution is 2.19. The smallest absolute Gasteiger partial charge is 0.223 e. The van der Waals surface area contributed by atoms with Gasteiger partial charge in [-0.25, -0.2) is 4.39 Å². The summed E-state index contributed by atoms with van der Waals surface area (Å²) in [6.07, 6.45) is 0.544. The van der Waals surface area contributed by atoms with Crippen LogP contribution in [0.5, 0.6) is 0 Å². The average molecular weight is 305 g/mol. The molecule has 0 radical (unpaired) electrons. The van der Waals surface area contributed by atoms with Crippen molar-refractivity contribution >= 4 is 30.1 Å². The molecule has 1 saturated heterocycles. The third kappa shape index (κ3) is 5.38. The number of rotatable bonds is 4. The van der Waals surface area contributed by atoms with Gasteiger partial charge in [-0.3, -0.25) is 4.79 Å². The Morgan fingerprint density at radius 3 is 2.53 bits per heavy atom. The van der Waals surface area contributed by atoms with E-state index in [1.54, 1.807) is 23.9 Å². The van der Waals surface area contributed by atoms with Crippen molar-refractivity contribution in [2.75, 3.05) is 31.9 Å². The Balaban J connectivity index is 0.00000180. The first-order valence-corrected chi connectivity index (χ1v) is 7.11. The van der Waals surface area contributed by atoms with Crippen LogP contribution in [0.2, 0.25) is 0 Å². The van der Waals surface area contributed by atoms with E-state index in [1.165, 1.54) is 12.1 Å². The van der Waals surface area contributed by atoms with Crippen molar-refractivity contribution in [3.05, 3.63) is 30.1 Å². The first-order chi connectivity index (χ1) is 8.75. The van der Waals surface area contributed by atoms with Crippen LogP contribution in [0.1, 0.15) is 6.42 Å². The molecule has 0 atom stereocenters. The number of nitrogens with one attached hydrogen (secondary N) is 1. The Labute approximate surface area is 123 Å². The number of carbonyl (C=O) groups is 1. The summed E-state index contributed by atoms with van der Waals surface area (Å²) in [6.45, 7) is 3.38. The number of hydrogen-bond acceptors (Lipinski definition) is 3. The van der Waals surface area contributed by atoms with Gasteiger partial charge >= 0.3 is 0 Å². The van der Waals surface area contributed by atoms with E-state index in [9.17, 15) is 9.18 Å². The van der Waals surface area contributed by atoms with Crippen LogP contribution >= 0.6 is 24.2 Å². The van der Waals surface area contributed by atoms with E-state index in [0.29, 0.717) is 6.42 Å². The summed E-state index contributed by atoms with van der Waals surface area (Å²) >= 11 is 1.59. The van der Waals surface area contributed by atoms with Crippen molar-refractivity contribution < 1.29 is 9.18 Å². The molecule has 1 aliphatic rings. The van der Waals surface area contributed by atoms with E-state index >= 15 is 0 Å². The van der Waals surface area contributed by atoms with Crippen molar-refractivity contribution in [3.63, 3.8) is 0 Å². The average Bonchev–Trinajstić information content (AvgIpc) is 2.42.